The number of rotatable bonds is 0. The Bertz CT molecular complexity index is 2780. The summed E-state index contributed by atoms with van der Waals surface area (Å²) in [6.07, 6.45) is 13.3. The molecule has 0 saturated heterocycles. The molecule has 0 spiro atoms. The van der Waals surface area contributed by atoms with Crippen LogP contribution in [0, 0.1) is 22.7 Å². The first-order chi connectivity index (χ1) is 26.2. The Labute approximate surface area is 348 Å². The number of benzene rings is 2. The van der Waals surface area contributed by atoms with Crippen LogP contribution in [0.25, 0.3) is 32.2 Å². The van der Waals surface area contributed by atoms with Gasteiger partial charge in [-0.25, -0.2) is 0 Å². The fraction of sp³-hybridized carbons (Fsp3) is 0.375. The Morgan fingerprint density at radius 2 is 1.04 bits per heavy atom. The van der Waals surface area contributed by atoms with E-state index in [0.29, 0.717) is 45.9 Å². The first-order valence-corrected chi connectivity index (χ1v) is 19.8. The van der Waals surface area contributed by atoms with Gasteiger partial charge in [-0.2, -0.15) is 0 Å². The van der Waals surface area contributed by atoms with Crippen LogP contribution in [0.5, 0.6) is 0 Å². The van der Waals surface area contributed by atoms with Crippen LogP contribution in [0.15, 0.2) is 127 Å². The maximum absolute atomic E-state index is 5.29. The van der Waals surface area contributed by atoms with Gasteiger partial charge in [0.05, 0.1) is 0 Å². The van der Waals surface area contributed by atoms with E-state index in [2.05, 4.69) is 156 Å². The van der Waals surface area contributed by atoms with Crippen molar-refractivity contribution in [1.29, 1.82) is 0 Å². The molecule has 9 rings (SSSR count). The summed E-state index contributed by atoms with van der Waals surface area (Å²) in [7, 11) is 0. The summed E-state index contributed by atoms with van der Waals surface area (Å²) < 4.78 is 0. The zero-order chi connectivity index (χ0) is 39.7. The van der Waals surface area contributed by atoms with Gasteiger partial charge in [0.15, 0.2) is 0 Å². The number of amidine groups is 2. The monoisotopic (exact) mass is 802 g/mol. The summed E-state index contributed by atoms with van der Waals surface area (Å²) in [6, 6.07) is 13.0. The first kappa shape index (κ1) is 39.0. The van der Waals surface area contributed by atoms with Crippen molar-refractivity contribution in [3.63, 3.8) is 0 Å². The Morgan fingerprint density at radius 1 is 0.491 bits per heavy atom. The molecule has 0 radical (unpaired) electrons. The molecule has 2 unspecified atom stereocenters. The average molecular weight is 804 g/mol. The van der Waals surface area contributed by atoms with E-state index >= 15 is 0 Å². The maximum atomic E-state index is 5.29. The Kier molecular flexibility index (Phi) is 8.94. The van der Waals surface area contributed by atoms with Crippen molar-refractivity contribution in [2.45, 2.75) is 93.9 Å². The minimum absolute atomic E-state index is 0. The molecule has 0 N–H and O–H groups in total. The molecule has 2 aromatic carbocycles. The standard InChI is InChI=1S/C48H50N8.Zn/c1-45(2,3)25-13-17-29-33(21-25)41-49-37(29)54-42-35-23-27(47(7,8)9)15-19-31(35)39(51-42)56-44-36-24-28(48(10,11)12)16-20-32(36)40(52-44)55-43-34-22-26(46(4,5)6)14-18-30(34)38(50-43)53-41;/h13-24,29,36H,1-12H3;/q-4;. The molecular formula is C48H50N8Zn-4. The third-order valence-corrected chi connectivity index (χ3v) is 11.5. The van der Waals surface area contributed by atoms with Gasteiger partial charge in [0.2, 0.25) is 0 Å². The van der Waals surface area contributed by atoms with Gasteiger partial charge in [-0.1, -0.05) is 144 Å². The van der Waals surface area contributed by atoms with Crippen LogP contribution in [-0.2, 0) is 30.3 Å². The van der Waals surface area contributed by atoms with E-state index in [-0.39, 0.29) is 53.0 Å². The summed E-state index contributed by atoms with van der Waals surface area (Å²) in [4.78, 5) is 31.5. The molecule has 4 aromatic rings. The number of nitrogens with zero attached hydrogens (tertiary/aromatic N) is 8. The summed E-state index contributed by atoms with van der Waals surface area (Å²) >= 11 is 0. The van der Waals surface area contributed by atoms with Crippen LogP contribution in [0.2, 0.25) is 0 Å². The molecule has 5 heterocycles. The smallest absolute Gasteiger partial charge is 0.0335 e. The molecule has 2 aromatic heterocycles. The molecule has 2 aliphatic carbocycles. The minimum atomic E-state index is -0.190. The third-order valence-electron chi connectivity index (χ3n) is 11.5. The van der Waals surface area contributed by atoms with Gasteiger partial charge in [-0.3, -0.25) is 0 Å². The van der Waals surface area contributed by atoms with Crippen molar-refractivity contribution in [2.24, 2.45) is 42.6 Å². The number of hydrogen-bond donors (Lipinski definition) is 0. The van der Waals surface area contributed by atoms with E-state index in [0.717, 1.165) is 32.7 Å². The third kappa shape index (κ3) is 6.76. The molecule has 0 amide bonds. The quantitative estimate of drug-likeness (QED) is 0.165. The summed E-state index contributed by atoms with van der Waals surface area (Å²) in [5.74, 6) is 3.31. The van der Waals surface area contributed by atoms with Crippen LogP contribution in [0.3, 0.4) is 0 Å². The predicted molar refractivity (Wildman–Crippen MR) is 230 cm³/mol. The molecule has 288 valence electrons. The SMILES string of the molecule is CC(C)(C)C1=CC2=C3N=c4[n-]c(c5cc(C(C)(C)C)ccc45)=NC4=C5C=CC(C(C)(C)C)=CC5C(=Nc5[n-]c(c6cc(C(C)(C)C)ccc56)N=C([N-]3)C2C=C1)[N-]4.[Zn]. The van der Waals surface area contributed by atoms with Crippen LogP contribution >= 0.6 is 0 Å². The molecule has 2 atom stereocenters. The number of allylic oxidation sites excluding steroid dienone is 6. The molecule has 3 aliphatic heterocycles. The van der Waals surface area contributed by atoms with Gasteiger partial charge in [-0.05, 0) is 100 Å². The summed E-state index contributed by atoms with van der Waals surface area (Å²) in [5.41, 5.74) is 7.70. The van der Waals surface area contributed by atoms with Crippen LogP contribution < -0.4 is 20.9 Å². The zero-order valence-electron chi connectivity index (χ0n) is 35.4. The topological polar surface area (TPSA) is 106 Å². The maximum Gasteiger partial charge on any atom is 0.0335 e. The number of hydrogen-bond acceptors (Lipinski definition) is 4. The second-order valence-electron chi connectivity index (χ2n) is 19.9. The van der Waals surface area contributed by atoms with E-state index < -0.39 is 0 Å². The van der Waals surface area contributed by atoms with E-state index in [1.165, 1.54) is 22.3 Å². The van der Waals surface area contributed by atoms with Gasteiger partial charge in [-0.15, -0.1) is 0 Å². The predicted octanol–water partition coefficient (Wildman–Crippen LogP) is 11.0. The van der Waals surface area contributed by atoms with Crippen molar-refractivity contribution in [3.05, 3.63) is 140 Å². The molecule has 8 nitrogen and oxygen atoms in total. The van der Waals surface area contributed by atoms with Gasteiger partial charge in [0, 0.05) is 65.6 Å². The second-order valence-corrected chi connectivity index (χ2v) is 19.9. The van der Waals surface area contributed by atoms with E-state index in [1.807, 2.05) is 0 Å². The van der Waals surface area contributed by atoms with E-state index in [1.54, 1.807) is 0 Å². The van der Waals surface area contributed by atoms with Crippen molar-refractivity contribution < 1.29 is 19.5 Å². The van der Waals surface area contributed by atoms with Gasteiger partial charge >= 0.3 is 0 Å². The molecule has 5 aliphatic rings. The van der Waals surface area contributed by atoms with Gasteiger partial charge in [0.1, 0.15) is 0 Å². The fourth-order valence-corrected chi connectivity index (χ4v) is 7.87. The van der Waals surface area contributed by atoms with Gasteiger partial charge in [0.25, 0.3) is 0 Å². The fourth-order valence-electron chi connectivity index (χ4n) is 7.87. The Balaban J connectivity index is 0.00000455. The van der Waals surface area contributed by atoms with Crippen molar-refractivity contribution >= 4 is 44.9 Å². The molecule has 8 bridgehead atoms. The minimum Gasteiger partial charge on any atom is -0.362 e. The largest absolute Gasteiger partial charge is 0.362 e. The Morgan fingerprint density at radius 3 is 1.65 bits per heavy atom. The molecular weight excluding hydrogens is 754 g/mol. The molecule has 57 heavy (non-hydrogen) atoms. The average Bonchev–Trinajstić information content (AvgIpc) is 3.84. The first-order valence-electron chi connectivity index (χ1n) is 19.8. The molecule has 9 heteroatoms. The molecule has 0 fully saturated rings. The number of fused-ring (bicyclic) bond motifs is 18. The van der Waals surface area contributed by atoms with E-state index in [4.69, 9.17) is 40.6 Å². The van der Waals surface area contributed by atoms with Crippen molar-refractivity contribution in [3.8, 4) is 0 Å². The molecule has 0 saturated carbocycles. The number of aliphatic imine (C=N–C) groups is 2. The second kappa shape index (κ2) is 13.1. The normalized spacial score (nSPS) is 20.5. The van der Waals surface area contributed by atoms with Gasteiger partial charge < -0.3 is 40.6 Å². The van der Waals surface area contributed by atoms with Crippen molar-refractivity contribution in [2.75, 3.05) is 0 Å². The summed E-state index contributed by atoms with van der Waals surface area (Å²) in [5, 5.41) is 14.1. The Hall–Kier alpha value is -4.88. The summed E-state index contributed by atoms with van der Waals surface area (Å²) in [6.45, 7) is 26.7. The van der Waals surface area contributed by atoms with Crippen LogP contribution in [-0.4, -0.2) is 11.7 Å². The van der Waals surface area contributed by atoms with E-state index in [9.17, 15) is 0 Å². The van der Waals surface area contributed by atoms with Crippen molar-refractivity contribution in [1.82, 2.24) is 9.97 Å². The van der Waals surface area contributed by atoms with Crippen LogP contribution in [0.4, 0.5) is 11.6 Å². The number of aromatic nitrogens is 2. The zero-order valence-corrected chi connectivity index (χ0v) is 38.3. The van der Waals surface area contributed by atoms with Crippen LogP contribution in [0.1, 0.15) is 94.2 Å².